The lowest BCUT2D eigenvalue weighted by atomic mass is 9.85. The molecule has 0 saturated heterocycles. The monoisotopic (exact) mass is 891 g/mol. The topological polar surface area (TPSA) is 210 Å². The molecule has 14 heteroatoms. The highest BCUT2D eigenvalue weighted by Gasteiger charge is 2.51. The smallest absolute Gasteiger partial charge is 0.462 e. The summed E-state index contributed by atoms with van der Waals surface area (Å²) in [6.07, 6.45) is 28.1. The van der Waals surface area contributed by atoms with Crippen molar-refractivity contribution in [3.05, 3.63) is 24.3 Å². The quantitative estimate of drug-likeness (QED) is 0.0147. The second kappa shape index (κ2) is 37.7. The molecule has 6 unspecified atom stereocenters. The van der Waals surface area contributed by atoms with Crippen molar-refractivity contribution in [2.75, 3.05) is 13.2 Å². The lowest BCUT2D eigenvalue weighted by Crippen LogP contribution is -2.64. The molecular weight excluding hydrogens is 803 g/mol. The molecule has 0 aromatic rings. The zero-order valence-corrected chi connectivity index (χ0v) is 38.9. The number of aliphatic hydroxyl groups excluding tert-OH is 5. The highest BCUT2D eigenvalue weighted by molar-refractivity contribution is 7.47. The van der Waals surface area contributed by atoms with Gasteiger partial charge in [-0.3, -0.25) is 18.6 Å². The molecule has 6 N–H and O–H groups in total. The molecule has 1 rings (SSSR count). The molecule has 0 aliphatic heterocycles. The van der Waals surface area contributed by atoms with Crippen LogP contribution in [0.5, 0.6) is 0 Å². The summed E-state index contributed by atoms with van der Waals surface area (Å²) in [7, 11) is -5.12. The van der Waals surface area contributed by atoms with Gasteiger partial charge in [0, 0.05) is 12.8 Å². The van der Waals surface area contributed by atoms with Gasteiger partial charge in [0.25, 0.3) is 0 Å². The van der Waals surface area contributed by atoms with Gasteiger partial charge in [-0.15, -0.1) is 0 Å². The van der Waals surface area contributed by atoms with E-state index in [1.54, 1.807) is 0 Å². The first kappa shape index (κ1) is 57.3. The molecule has 0 radical (unpaired) electrons. The van der Waals surface area contributed by atoms with Crippen molar-refractivity contribution in [2.24, 2.45) is 0 Å². The Bertz CT molecular complexity index is 1170. The molecule has 1 aliphatic carbocycles. The van der Waals surface area contributed by atoms with Crippen LogP contribution in [0.15, 0.2) is 24.3 Å². The molecule has 1 saturated carbocycles. The molecule has 8 atom stereocenters. The van der Waals surface area contributed by atoms with Gasteiger partial charge in [0.1, 0.15) is 43.2 Å². The number of carbonyl (C=O) groups excluding carboxylic acids is 2. The van der Waals surface area contributed by atoms with Crippen LogP contribution in [0.25, 0.3) is 0 Å². The highest BCUT2D eigenvalue weighted by atomic mass is 31.2. The third-order valence-corrected chi connectivity index (χ3v) is 12.3. The standard InChI is InChI=1S/C47H87O13P/c1-3-5-7-9-11-13-15-17-19-20-22-23-25-27-29-31-33-35-40(48)57-37-39(38-58-61(55,56)60-47-45(53)43(51)42(50)44(52)46(47)54)59-41(49)36-34-32-30-28-26-24-21-18-16-14-12-10-8-6-4-2/h13,15,30,32,39,42-47,50-54H,3-12,14,16-29,31,33-38H2,1-2H3,(H,55,56)/b15-13+,32-30+/t39-,42?,43-,44?,45?,46?,47?/m0/s1. The van der Waals surface area contributed by atoms with E-state index in [0.29, 0.717) is 12.8 Å². The zero-order chi connectivity index (χ0) is 45.0. The van der Waals surface area contributed by atoms with Crippen LogP contribution < -0.4 is 0 Å². The summed E-state index contributed by atoms with van der Waals surface area (Å²) >= 11 is 0. The van der Waals surface area contributed by atoms with Crippen molar-refractivity contribution in [1.82, 2.24) is 0 Å². The van der Waals surface area contributed by atoms with E-state index in [4.69, 9.17) is 18.5 Å². The maximum absolute atomic E-state index is 12.8. The maximum Gasteiger partial charge on any atom is 0.472 e. The normalized spacial score (nSPS) is 22.2. The maximum atomic E-state index is 12.8. The van der Waals surface area contributed by atoms with E-state index < -0.39 is 75.7 Å². The molecule has 0 spiro atoms. The van der Waals surface area contributed by atoms with E-state index in [0.717, 1.165) is 38.5 Å². The SMILES string of the molecule is CCCCCC/C=C/CCCCCCCCCCCC(=O)OC[C@@H](COP(=O)(O)OC1C(O)C(O)C(O)[C@H](O)C1O)OC(=O)CC/C=C/CCCCCCCCCCCCC. The van der Waals surface area contributed by atoms with Crippen LogP contribution in [0.1, 0.15) is 206 Å². The van der Waals surface area contributed by atoms with Crippen LogP contribution in [0.4, 0.5) is 0 Å². The highest BCUT2D eigenvalue weighted by Crippen LogP contribution is 2.47. The van der Waals surface area contributed by atoms with Crippen LogP contribution >= 0.6 is 7.82 Å². The predicted octanol–water partition coefficient (Wildman–Crippen LogP) is 9.62. The fourth-order valence-electron chi connectivity index (χ4n) is 7.36. The summed E-state index contributed by atoms with van der Waals surface area (Å²) < 4.78 is 33.5. The first-order chi connectivity index (χ1) is 29.4. The Kier molecular flexibility index (Phi) is 35.4. The van der Waals surface area contributed by atoms with Crippen molar-refractivity contribution in [1.29, 1.82) is 0 Å². The number of allylic oxidation sites excluding steroid dienone is 4. The number of ether oxygens (including phenoxy) is 2. The molecule has 1 aliphatic rings. The largest absolute Gasteiger partial charge is 0.472 e. The Morgan fingerprint density at radius 2 is 0.869 bits per heavy atom. The van der Waals surface area contributed by atoms with E-state index in [1.165, 1.54) is 128 Å². The van der Waals surface area contributed by atoms with E-state index in [2.05, 4.69) is 26.0 Å². The molecule has 13 nitrogen and oxygen atoms in total. The number of rotatable bonds is 40. The van der Waals surface area contributed by atoms with E-state index >= 15 is 0 Å². The second-order valence-electron chi connectivity index (χ2n) is 17.0. The lowest BCUT2D eigenvalue weighted by molar-refractivity contribution is -0.220. The Balaban J connectivity index is 2.45. The van der Waals surface area contributed by atoms with Crippen LogP contribution in [-0.2, 0) is 32.7 Å². The summed E-state index contributed by atoms with van der Waals surface area (Å²) in [5, 5.41) is 50.2. The van der Waals surface area contributed by atoms with Gasteiger partial charge < -0.3 is 39.9 Å². The number of phosphoric acid groups is 1. The molecule has 0 aromatic heterocycles. The summed E-state index contributed by atoms with van der Waals surface area (Å²) in [6, 6.07) is 0. The second-order valence-corrected chi connectivity index (χ2v) is 18.4. The van der Waals surface area contributed by atoms with Gasteiger partial charge in [-0.2, -0.15) is 0 Å². The van der Waals surface area contributed by atoms with Crippen molar-refractivity contribution in [3.63, 3.8) is 0 Å². The first-order valence-electron chi connectivity index (χ1n) is 24.1. The Morgan fingerprint density at radius 1 is 0.492 bits per heavy atom. The fraction of sp³-hybridized carbons (Fsp3) is 0.872. The number of unbranched alkanes of at least 4 members (excludes halogenated alkanes) is 24. The minimum Gasteiger partial charge on any atom is -0.462 e. The third kappa shape index (κ3) is 30.2. The van der Waals surface area contributed by atoms with Gasteiger partial charge in [0.2, 0.25) is 0 Å². The van der Waals surface area contributed by atoms with Crippen molar-refractivity contribution < 1.29 is 63.1 Å². The van der Waals surface area contributed by atoms with Gasteiger partial charge in [-0.25, -0.2) is 4.57 Å². The van der Waals surface area contributed by atoms with Gasteiger partial charge >= 0.3 is 19.8 Å². The molecule has 0 amide bonds. The van der Waals surface area contributed by atoms with E-state index in [9.17, 15) is 44.6 Å². The summed E-state index contributed by atoms with van der Waals surface area (Å²) in [5.41, 5.74) is 0. The Morgan fingerprint density at radius 3 is 1.33 bits per heavy atom. The number of esters is 2. The third-order valence-electron chi connectivity index (χ3n) is 11.3. The van der Waals surface area contributed by atoms with Gasteiger partial charge in [0.05, 0.1) is 6.61 Å². The average Bonchev–Trinajstić information content (AvgIpc) is 3.24. The first-order valence-corrected chi connectivity index (χ1v) is 25.6. The molecule has 61 heavy (non-hydrogen) atoms. The van der Waals surface area contributed by atoms with Crippen molar-refractivity contribution in [3.8, 4) is 0 Å². The molecular formula is C47H87O13P. The van der Waals surface area contributed by atoms with E-state index in [1.807, 2.05) is 12.2 Å². The summed E-state index contributed by atoms with van der Waals surface area (Å²) in [6.45, 7) is 3.27. The van der Waals surface area contributed by atoms with Crippen molar-refractivity contribution in [2.45, 2.75) is 249 Å². The summed E-state index contributed by atoms with van der Waals surface area (Å²) in [5.74, 6) is -1.15. The van der Waals surface area contributed by atoms with Gasteiger partial charge in [-0.05, 0) is 51.4 Å². The lowest BCUT2D eigenvalue weighted by Gasteiger charge is -2.41. The average molecular weight is 891 g/mol. The number of carbonyl (C=O) groups is 2. The number of hydrogen-bond acceptors (Lipinski definition) is 12. The van der Waals surface area contributed by atoms with E-state index in [-0.39, 0.29) is 12.8 Å². The van der Waals surface area contributed by atoms with Crippen LogP contribution in [0, 0.1) is 0 Å². The zero-order valence-electron chi connectivity index (χ0n) is 38.0. The number of phosphoric ester groups is 1. The minimum absolute atomic E-state index is 0.0155. The van der Waals surface area contributed by atoms with Crippen LogP contribution in [0.2, 0.25) is 0 Å². The molecule has 0 bridgehead atoms. The molecule has 0 aromatic carbocycles. The minimum atomic E-state index is -5.12. The van der Waals surface area contributed by atoms with Crippen molar-refractivity contribution >= 4 is 19.8 Å². The van der Waals surface area contributed by atoms with Gasteiger partial charge in [-0.1, -0.05) is 167 Å². The van der Waals surface area contributed by atoms with Crippen LogP contribution in [0.3, 0.4) is 0 Å². The number of hydrogen-bond donors (Lipinski definition) is 6. The number of aliphatic hydroxyl groups is 5. The Hall–Kier alpha value is -1.67. The summed E-state index contributed by atoms with van der Waals surface area (Å²) in [4.78, 5) is 35.7. The Labute approximate surface area is 368 Å². The molecule has 0 heterocycles. The van der Waals surface area contributed by atoms with Crippen LogP contribution in [-0.4, -0.2) is 98.3 Å². The molecule has 1 fully saturated rings. The predicted molar refractivity (Wildman–Crippen MR) is 240 cm³/mol. The molecule has 358 valence electrons. The fourth-order valence-corrected chi connectivity index (χ4v) is 8.33. The van der Waals surface area contributed by atoms with Gasteiger partial charge in [0.15, 0.2) is 6.10 Å².